The van der Waals surface area contributed by atoms with Crippen molar-refractivity contribution < 1.29 is 9.59 Å². The molecular formula is C20H24N4O2. The van der Waals surface area contributed by atoms with Gasteiger partial charge in [-0.2, -0.15) is 0 Å². The highest BCUT2D eigenvalue weighted by atomic mass is 16.2. The first-order valence-electron chi connectivity index (χ1n) is 8.88. The molecule has 6 nitrogen and oxygen atoms in total. The summed E-state index contributed by atoms with van der Waals surface area (Å²) in [5.74, 6) is -0.0280. The number of benzene rings is 2. The van der Waals surface area contributed by atoms with Crippen LogP contribution >= 0.6 is 0 Å². The summed E-state index contributed by atoms with van der Waals surface area (Å²) < 4.78 is 0. The van der Waals surface area contributed by atoms with Crippen molar-refractivity contribution in [2.75, 3.05) is 31.1 Å². The van der Waals surface area contributed by atoms with Gasteiger partial charge < -0.3 is 16.0 Å². The lowest BCUT2D eigenvalue weighted by atomic mass is 10.1. The number of anilines is 1. The highest BCUT2D eigenvalue weighted by Gasteiger charge is 2.22. The standard InChI is InChI=1S/C20H24N4O2/c21-11-4-13-23(15-16-5-2-1-3-6-16)19(25)17-7-9-18(10-8-17)24-14-12-22-20(24)26/h1-3,5-10H,4,11-15,21H2,(H,22,26). The third-order valence-corrected chi connectivity index (χ3v) is 4.42. The maximum absolute atomic E-state index is 12.9. The van der Waals surface area contributed by atoms with E-state index >= 15 is 0 Å². The molecule has 1 fully saturated rings. The van der Waals surface area contributed by atoms with Crippen LogP contribution in [0, 0.1) is 0 Å². The molecule has 3 rings (SSSR count). The van der Waals surface area contributed by atoms with Crippen molar-refractivity contribution in [3.05, 3.63) is 65.7 Å². The molecule has 0 atom stereocenters. The number of hydrogen-bond acceptors (Lipinski definition) is 3. The molecule has 0 saturated carbocycles. The molecule has 2 aromatic rings. The minimum Gasteiger partial charge on any atom is -0.336 e. The summed E-state index contributed by atoms with van der Waals surface area (Å²) in [6.45, 7) is 2.99. The van der Waals surface area contributed by atoms with E-state index < -0.39 is 0 Å². The third kappa shape index (κ3) is 4.21. The highest BCUT2D eigenvalue weighted by Crippen LogP contribution is 2.19. The molecule has 0 bridgehead atoms. The van der Waals surface area contributed by atoms with Crippen LogP contribution in [0.1, 0.15) is 22.3 Å². The number of rotatable bonds is 7. The molecule has 3 N–H and O–H groups in total. The van der Waals surface area contributed by atoms with Crippen LogP contribution in [0.4, 0.5) is 10.5 Å². The Hall–Kier alpha value is -2.86. The number of nitrogens with two attached hydrogens (primary N) is 1. The number of urea groups is 1. The highest BCUT2D eigenvalue weighted by molar-refractivity contribution is 5.97. The zero-order valence-corrected chi connectivity index (χ0v) is 14.7. The van der Waals surface area contributed by atoms with Gasteiger partial charge in [-0.3, -0.25) is 9.69 Å². The molecule has 0 unspecified atom stereocenters. The summed E-state index contributed by atoms with van der Waals surface area (Å²) in [6, 6.07) is 17.0. The number of nitrogens with one attached hydrogen (secondary N) is 1. The fraction of sp³-hybridized carbons (Fsp3) is 0.300. The fourth-order valence-corrected chi connectivity index (χ4v) is 3.02. The van der Waals surface area contributed by atoms with Crippen LogP contribution < -0.4 is 16.0 Å². The van der Waals surface area contributed by atoms with Gasteiger partial charge in [0.2, 0.25) is 0 Å². The molecule has 1 aliphatic heterocycles. The van der Waals surface area contributed by atoms with Gasteiger partial charge in [-0.1, -0.05) is 30.3 Å². The average Bonchev–Trinajstić information content (AvgIpc) is 3.11. The van der Waals surface area contributed by atoms with Crippen molar-refractivity contribution in [2.45, 2.75) is 13.0 Å². The number of carbonyl (C=O) groups is 2. The minimum absolute atomic E-state index is 0.0280. The summed E-state index contributed by atoms with van der Waals surface area (Å²) in [5, 5.41) is 2.77. The van der Waals surface area contributed by atoms with E-state index in [1.54, 1.807) is 17.0 Å². The van der Waals surface area contributed by atoms with E-state index in [4.69, 9.17) is 5.73 Å². The Labute approximate surface area is 153 Å². The zero-order valence-electron chi connectivity index (χ0n) is 14.7. The largest absolute Gasteiger partial charge is 0.336 e. The number of carbonyl (C=O) groups excluding carboxylic acids is 2. The van der Waals surface area contributed by atoms with Gasteiger partial charge in [0.25, 0.3) is 5.91 Å². The monoisotopic (exact) mass is 352 g/mol. The smallest absolute Gasteiger partial charge is 0.321 e. The molecule has 1 aliphatic rings. The average molecular weight is 352 g/mol. The maximum Gasteiger partial charge on any atom is 0.321 e. The SMILES string of the molecule is NCCCN(Cc1ccccc1)C(=O)c1ccc(N2CCNC2=O)cc1. The molecule has 0 aromatic heterocycles. The topological polar surface area (TPSA) is 78.7 Å². The minimum atomic E-state index is -0.0993. The van der Waals surface area contributed by atoms with Gasteiger partial charge in [0.15, 0.2) is 0 Å². The van der Waals surface area contributed by atoms with Crippen LogP contribution in [0.3, 0.4) is 0 Å². The van der Waals surface area contributed by atoms with Gasteiger partial charge >= 0.3 is 6.03 Å². The lowest BCUT2D eigenvalue weighted by molar-refractivity contribution is 0.0742. The van der Waals surface area contributed by atoms with Crippen LogP contribution in [0.2, 0.25) is 0 Å². The lowest BCUT2D eigenvalue weighted by Gasteiger charge is -2.23. The van der Waals surface area contributed by atoms with Crippen molar-refractivity contribution in [2.24, 2.45) is 5.73 Å². The Kier molecular flexibility index (Phi) is 5.86. The first kappa shape index (κ1) is 17.9. The zero-order chi connectivity index (χ0) is 18.4. The van der Waals surface area contributed by atoms with E-state index in [1.807, 2.05) is 47.4 Å². The second-order valence-corrected chi connectivity index (χ2v) is 6.28. The van der Waals surface area contributed by atoms with E-state index in [0.717, 1.165) is 17.7 Å². The second-order valence-electron chi connectivity index (χ2n) is 6.28. The van der Waals surface area contributed by atoms with Gasteiger partial charge in [-0.05, 0) is 42.8 Å². The van der Waals surface area contributed by atoms with E-state index in [2.05, 4.69) is 5.32 Å². The first-order valence-corrected chi connectivity index (χ1v) is 8.88. The normalized spacial score (nSPS) is 13.6. The Morgan fingerprint density at radius 3 is 2.46 bits per heavy atom. The van der Waals surface area contributed by atoms with Crippen LogP contribution in [-0.2, 0) is 6.54 Å². The third-order valence-electron chi connectivity index (χ3n) is 4.42. The molecule has 6 heteroatoms. The first-order chi connectivity index (χ1) is 12.7. The molecule has 2 aromatic carbocycles. The predicted molar refractivity (Wildman–Crippen MR) is 102 cm³/mol. The van der Waals surface area contributed by atoms with Crippen molar-refractivity contribution in [3.63, 3.8) is 0 Å². The maximum atomic E-state index is 12.9. The van der Waals surface area contributed by atoms with E-state index in [9.17, 15) is 9.59 Å². The molecule has 0 radical (unpaired) electrons. The van der Waals surface area contributed by atoms with Crippen LogP contribution in [-0.4, -0.2) is 43.0 Å². The number of nitrogens with zero attached hydrogens (tertiary/aromatic N) is 2. The second kappa shape index (κ2) is 8.49. The summed E-state index contributed by atoms with van der Waals surface area (Å²) in [7, 11) is 0. The summed E-state index contributed by atoms with van der Waals surface area (Å²) >= 11 is 0. The molecule has 136 valence electrons. The molecule has 0 aliphatic carbocycles. The molecule has 1 heterocycles. The van der Waals surface area contributed by atoms with Crippen molar-refractivity contribution in [1.29, 1.82) is 0 Å². The van der Waals surface area contributed by atoms with Gasteiger partial charge in [-0.15, -0.1) is 0 Å². The van der Waals surface area contributed by atoms with Gasteiger partial charge in [0.1, 0.15) is 0 Å². The Balaban J connectivity index is 1.74. The van der Waals surface area contributed by atoms with E-state index in [-0.39, 0.29) is 11.9 Å². The van der Waals surface area contributed by atoms with Crippen LogP contribution in [0.15, 0.2) is 54.6 Å². The summed E-state index contributed by atoms with van der Waals surface area (Å²) in [4.78, 5) is 28.2. The molecule has 1 saturated heterocycles. The van der Waals surface area contributed by atoms with E-state index in [0.29, 0.717) is 38.3 Å². The molecule has 3 amide bonds. The van der Waals surface area contributed by atoms with Gasteiger partial charge in [0.05, 0.1) is 0 Å². The van der Waals surface area contributed by atoms with Gasteiger partial charge in [-0.25, -0.2) is 4.79 Å². The van der Waals surface area contributed by atoms with Crippen LogP contribution in [0.5, 0.6) is 0 Å². The number of amides is 3. The van der Waals surface area contributed by atoms with Crippen LogP contribution in [0.25, 0.3) is 0 Å². The van der Waals surface area contributed by atoms with Crippen molar-refractivity contribution in [1.82, 2.24) is 10.2 Å². The Morgan fingerprint density at radius 1 is 1.12 bits per heavy atom. The summed E-state index contributed by atoms with van der Waals surface area (Å²) in [6.07, 6.45) is 0.755. The van der Waals surface area contributed by atoms with E-state index in [1.165, 1.54) is 0 Å². The Morgan fingerprint density at radius 2 is 1.85 bits per heavy atom. The molecule has 26 heavy (non-hydrogen) atoms. The fourth-order valence-electron chi connectivity index (χ4n) is 3.02. The van der Waals surface area contributed by atoms with Gasteiger partial charge in [0, 0.05) is 37.4 Å². The van der Waals surface area contributed by atoms with Crippen molar-refractivity contribution >= 4 is 17.6 Å². The quantitative estimate of drug-likeness (QED) is 0.802. The lowest BCUT2D eigenvalue weighted by Crippen LogP contribution is -2.32. The predicted octanol–water partition coefficient (Wildman–Crippen LogP) is 2.21. The summed E-state index contributed by atoms with van der Waals surface area (Å²) in [5.41, 5.74) is 8.13. The Bertz CT molecular complexity index is 746. The van der Waals surface area contributed by atoms with Crippen molar-refractivity contribution in [3.8, 4) is 0 Å². The number of hydrogen-bond donors (Lipinski definition) is 2. The molecule has 0 spiro atoms. The molecular weight excluding hydrogens is 328 g/mol.